The van der Waals surface area contributed by atoms with E-state index in [4.69, 9.17) is 20.7 Å². The summed E-state index contributed by atoms with van der Waals surface area (Å²) in [6.45, 7) is 4.24. The molecule has 1 unspecified atom stereocenters. The summed E-state index contributed by atoms with van der Waals surface area (Å²) in [6.07, 6.45) is 2.86. The van der Waals surface area contributed by atoms with Crippen LogP contribution in [0.15, 0.2) is 54.0 Å². The van der Waals surface area contributed by atoms with Crippen LogP contribution in [0, 0.1) is 0 Å². The van der Waals surface area contributed by atoms with E-state index in [9.17, 15) is 4.79 Å². The summed E-state index contributed by atoms with van der Waals surface area (Å²) in [5.41, 5.74) is 14.6. The molecular weight excluding hydrogens is 294 g/mol. The van der Waals surface area contributed by atoms with E-state index in [0.717, 1.165) is 0 Å². The van der Waals surface area contributed by atoms with Gasteiger partial charge < -0.3 is 20.7 Å². The van der Waals surface area contributed by atoms with Gasteiger partial charge in [-0.1, -0.05) is 30.3 Å². The molecule has 0 saturated carbocycles. The second-order valence-electron chi connectivity index (χ2n) is 4.93. The summed E-state index contributed by atoms with van der Waals surface area (Å²) in [5, 5.41) is 0. The predicted octanol–water partition coefficient (Wildman–Crippen LogP) is 2.09. The first-order chi connectivity index (χ1) is 11.1. The van der Waals surface area contributed by atoms with Crippen molar-refractivity contribution in [2.45, 2.75) is 19.4 Å². The SMILES string of the molecule is CCOC1=CC(N)(C(=O)c2ccccc2)C(OCC)=CC1=[N+]=[N-]. The van der Waals surface area contributed by atoms with Gasteiger partial charge in [0.25, 0.3) is 0 Å². The van der Waals surface area contributed by atoms with E-state index in [1.54, 1.807) is 38.1 Å². The Morgan fingerprint density at radius 3 is 2.43 bits per heavy atom. The summed E-state index contributed by atoms with van der Waals surface area (Å²) >= 11 is 0. The Bertz CT molecular complexity index is 703. The average molecular weight is 313 g/mol. The minimum Gasteiger partial charge on any atom is -0.495 e. The topological polar surface area (TPSA) is 98.0 Å². The summed E-state index contributed by atoms with van der Waals surface area (Å²) in [5.74, 6) is 0.127. The lowest BCUT2D eigenvalue weighted by Gasteiger charge is -2.29. The molecule has 0 heterocycles. The van der Waals surface area contributed by atoms with Crippen molar-refractivity contribution in [1.82, 2.24) is 0 Å². The minimum absolute atomic E-state index is 0.164. The molecule has 0 spiro atoms. The van der Waals surface area contributed by atoms with Gasteiger partial charge in [-0.3, -0.25) is 4.79 Å². The molecule has 0 aliphatic heterocycles. The van der Waals surface area contributed by atoms with Gasteiger partial charge in [-0.2, -0.15) is 4.79 Å². The van der Waals surface area contributed by atoms with Crippen LogP contribution in [0.5, 0.6) is 0 Å². The van der Waals surface area contributed by atoms with Crippen LogP contribution in [0.2, 0.25) is 0 Å². The number of nitrogens with two attached hydrogens (primary N) is 1. The summed E-state index contributed by atoms with van der Waals surface area (Å²) in [6, 6.07) is 8.71. The smallest absolute Gasteiger partial charge is 0.359 e. The van der Waals surface area contributed by atoms with Gasteiger partial charge in [-0.15, -0.1) is 0 Å². The van der Waals surface area contributed by atoms with Crippen molar-refractivity contribution in [3.8, 4) is 0 Å². The maximum atomic E-state index is 12.9. The van der Waals surface area contributed by atoms with Crippen LogP contribution in [0.4, 0.5) is 0 Å². The number of nitrogens with zero attached hydrogens (tertiary/aromatic N) is 2. The van der Waals surface area contributed by atoms with Crippen molar-refractivity contribution >= 4 is 11.5 Å². The lowest BCUT2D eigenvalue weighted by molar-refractivity contribution is -0.00866. The molecule has 6 nitrogen and oxygen atoms in total. The number of hydrogen-bond donors (Lipinski definition) is 1. The van der Waals surface area contributed by atoms with E-state index in [1.165, 1.54) is 12.2 Å². The fourth-order valence-corrected chi connectivity index (χ4v) is 2.34. The number of carbonyl (C=O) groups excluding carboxylic acids is 1. The van der Waals surface area contributed by atoms with Gasteiger partial charge in [0.2, 0.25) is 5.76 Å². The van der Waals surface area contributed by atoms with Crippen molar-refractivity contribution in [1.29, 1.82) is 0 Å². The molecule has 1 aromatic rings. The van der Waals surface area contributed by atoms with E-state index in [0.29, 0.717) is 18.8 Å². The van der Waals surface area contributed by atoms with Gasteiger partial charge in [0.15, 0.2) is 11.3 Å². The number of ether oxygens (including phenoxy) is 2. The Balaban J connectivity index is 2.54. The van der Waals surface area contributed by atoms with Gasteiger partial charge >= 0.3 is 5.71 Å². The maximum absolute atomic E-state index is 12.9. The van der Waals surface area contributed by atoms with E-state index in [1.807, 2.05) is 6.07 Å². The monoisotopic (exact) mass is 313 g/mol. The van der Waals surface area contributed by atoms with E-state index in [-0.39, 0.29) is 23.0 Å². The van der Waals surface area contributed by atoms with Crippen LogP contribution in [0.25, 0.3) is 5.53 Å². The molecule has 1 atom stereocenters. The molecule has 6 heteroatoms. The third kappa shape index (κ3) is 3.23. The third-order valence-corrected chi connectivity index (χ3v) is 3.41. The fraction of sp³-hybridized carbons (Fsp3) is 0.294. The molecule has 0 amide bonds. The first kappa shape index (κ1) is 16.7. The van der Waals surface area contributed by atoms with Crippen LogP contribution in [-0.2, 0) is 9.47 Å². The molecule has 0 aromatic heterocycles. The number of carbonyl (C=O) groups is 1. The van der Waals surface area contributed by atoms with Gasteiger partial charge in [-0.25, -0.2) is 0 Å². The zero-order valence-electron chi connectivity index (χ0n) is 13.2. The highest BCUT2D eigenvalue weighted by Crippen LogP contribution is 2.29. The summed E-state index contributed by atoms with van der Waals surface area (Å²) < 4.78 is 11.0. The second-order valence-corrected chi connectivity index (χ2v) is 4.93. The van der Waals surface area contributed by atoms with Crippen molar-refractivity contribution in [3.05, 3.63) is 65.1 Å². The lowest BCUT2D eigenvalue weighted by atomic mass is 9.83. The first-order valence-electron chi connectivity index (χ1n) is 7.38. The standard InChI is InChI=1S/C17H19N3O3/c1-3-22-14-11-17(18,15(23-4-2)10-13(14)20-19)16(21)12-8-6-5-7-9-12/h5-11H,3-4,18H2,1-2H3. The average Bonchev–Trinajstić information content (AvgIpc) is 2.57. The molecule has 1 aliphatic carbocycles. The molecule has 0 bridgehead atoms. The molecule has 0 fully saturated rings. The van der Waals surface area contributed by atoms with Gasteiger partial charge in [-0.05, 0) is 13.8 Å². The quantitative estimate of drug-likeness (QED) is 0.494. The Hall–Kier alpha value is -2.69. The highest BCUT2D eigenvalue weighted by atomic mass is 16.5. The molecule has 0 saturated heterocycles. The van der Waals surface area contributed by atoms with Crippen molar-refractivity contribution in [3.63, 3.8) is 0 Å². The first-order valence-corrected chi connectivity index (χ1v) is 7.38. The number of ketones is 1. The number of benzene rings is 1. The van der Waals surface area contributed by atoms with Crippen LogP contribution < -0.4 is 5.73 Å². The number of hydrogen-bond acceptors (Lipinski definition) is 4. The van der Waals surface area contributed by atoms with E-state index >= 15 is 0 Å². The normalized spacial score (nSPS) is 20.2. The van der Waals surface area contributed by atoms with Crippen LogP contribution in [0.3, 0.4) is 0 Å². The third-order valence-electron chi connectivity index (χ3n) is 3.41. The molecular formula is C17H19N3O3. The summed E-state index contributed by atoms with van der Waals surface area (Å²) in [7, 11) is 0. The van der Waals surface area contributed by atoms with Crippen LogP contribution in [0.1, 0.15) is 24.2 Å². The molecule has 1 aromatic carbocycles. The molecule has 1 aliphatic rings. The summed E-state index contributed by atoms with van der Waals surface area (Å²) in [4.78, 5) is 16.1. The highest BCUT2D eigenvalue weighted by Gasteiger charge is 2.44. The minimum atomic E-state index is -1.52. The van der Waals surface area contributed by atoms with Gasteiger partial charge in [0, 0.05) is 11.6 Å². The zero-order valence-corrected chi connectivity index (χ0v) is 13.2. The maximum Gasteiger partial charge on any atom is 0.359 e. The van der Waals surface area contributed by atoms with E-state index < -0.39 is 5.54 Å². The molecule has 2 N–H and O–H groups in total. The molecule has 2 rings (SSSR count). The number of rotatable bonds is 6. The van der Waals surface area contributed by atoms with Crippen molar-refractivity contribution < 1.29 is 19.1 Å². The zero-order chi connectivity index (χ0) is 16.9. The fourth-order valence-electron chi connectivity index (χ4n) is 2.34. The Morgan fingerprint density at radius 2 is 1.87 bits per heavy atom. The molecule has 0 radical (unpaired) electrons. The van der Waals surface area contributed by atoms with Crippen molar-refractivity contribution in [2.24, 2.45) is 5.73 Å². The second kappa shape index (κ2) is 7.05. The van der Waals surface area contributed by atoms with Crippen molar-refractivity contribution in [2.75, 3.05) is 13.2 Å². The van der Waals surface area contributed by atoms with Gasteiger partial charge in [0.05, 0.1) is 19.3 Å². The molecule has 23 heavy (non-hydrogen) atoms. The number of allylic oxidation sites excluding steroid dienone is 1. The number of Topliss-reactive ketones (excluding diaryl/α,β-unsaturated/α-hetero) is 1. The highest BCUT2D eigenvalue weighted by molar-refractivity contribution is 6.12. The Labute approximate surface area is 134 Å². The van der Waals surface area contributed by atoms with E-state index in [2.05, 4.69) is 4.79 Å². The Morgan fingerprint density at radius 1 is 1.22 bits per heavy atom. The van der Waals surface area contributed by atoms with Crippen LogP contribution >= 0.6 is 0 Å². The predicted molar refractivity (Wildman–Crippen MR) is 85.7 cm³/mol. The lowest BCUT2D eigenvalue weighted by Crippen LogP contribution is -2.51. The van der Waals surface area contributed by atoms with Crippen LogP contribution in [-0.4, -0.2) is 35.0 Å². The Kier molecular flexibility index (Phi) is 5.11. The van der Waals surface area contributed by atoms with Gasteiger partial charge in [0.1, 0.15) is 5.76 Å². The molecule has 120 valence electrons. The largest absolute Gasteiger partial charge is 0.495 e.